The van der Waals surface area contributed by atoms with Gasteiger partial charge in [0.2, 0.25) is 0 Å². The number of anilines is 1. The third-order valence-electron chi connectivity index (χ3n) is 2.68. The average molecular weight is 241 g/mol. The number of hydrogen-bond donors (Lipinski definition) is 2. The van der Waals surface area contributed by atoms with E-state index >= 15 is 0 Å². The van der Waals surface area contributed by atoms with Crippen molar-refractivity contribution < 1.29 is 4.74 Å². The van der Waals surface area contributed by atoms with E-state index in [-0.39, 0.29) is 0 Å². The van der Waals surface area contributed by atoms with Gasteiger partial charge in [0.05, 0.1) is 12.7 Å². The van der Waals surface area contributed by atoms with Crippen molar-refractivity contribution in [2.45, 2.75) is 0 Å². The number of ether oxygens (including phenoxy) is 1. The summed E-state index contributed by atoms with van der Waals surface area (Å²) < 4.78 is 5.30. The molecule has 6 heteroatoms. The third-order valence-corrected chi connectivity index (χ3v) is 2.68. The summed E-state index contributed by atoms with van der Waals surface area (Å²) in [5.41, 5.74) is 7.81. The fourth-order valence-electron chi connectivity index (χ4n) is 1.81. The van der Waals surface area contributed by atoms with Crippen molar-refractivity contribution in [3.8, 4) is 17.1 Å². The molecule has 2 heterocycles. The summed E-state index contributed by atoms with van der Waals surface area (Å²) in [4.78, 5) is 15.5. The van der Waals surface area contributed by atoms with Gasteiger partial charge in [-0.3, -0.25) is 0 Å². The normalized spacial score (nSPS) is 10.7. The molecule has 0 radical (unpaired) electrons. The summed E-state index contributed by atoms with van der Waals surface area (Å²) in [6.45, 7) is 0. The quantitative estimate of drug-likeness (QED) is 0.711. The van der Waals surface area contributed by atoms with Crippen LogP contribution in [0.5, 0.6) is 5.75 Å². The van der Waals surface area contributed by atoms with Crippen LogP contribution in [0.3, 0.4) is 0 Å². The largest absolute Gasteiger partial charge is 0.496 e. The van der Waals surface area contributed by atoms with E-state index in [2.05, 4.69) is 19.9 Å². The Bertz CT molecular complexity index is 707. The van der Waals surface area contributed by atoms with Gasteiger partial charge in [-0.05, 0) is 12.1 Å². The Morgan fingerprint density at radius 1 is 1.22 bits per heavy atom. The van der Waals surface area contributed by atoms with Crippen molar-refractivity contribution in [3.05, 3.63) is 30.6 Å². The van der Waals surface area contributed by atoms with E-state index in [0.29, 0.717) is 22.8 Å². The number of imidazole rings is 1. The maximum atomic E-state index is 5.76. The lowest BCUT2D eigenvalue weighted by Crippen LogP contribution is -1.91. The summed E-state index contributed by atoms with van der Waals surface area (Å²) in [5, 5.41) is 0. The third kappa shape index (κ3) is 1.55. The standard InChI is InChI=1S/C12H11N5O/c1-18-8-5-3-2-4-7(8)11-16-9-10(13)14-6-15-12(9)17-11/h2-6H,1H3,(H3,13,14,15,16,17). The highest BCUT2D eigenvalue weighted by Crippen LogP contribution is 2.29. The van der Waals surface area contributed by atoms with Gasteiger partial charge < -0.3 is 15.5 Å². The molecule has 0 aliphatic rings. The molecule has 0 bridgehead atoms. The zero-order valence-electron chi connectivity index (χ0n) is 9.71. The van der Waals surface area contributed by atoms with Gasteiger partial charge in [-0.1, -0.05) is 12.1 Å². The summed E-state index contributed by atoms with van der Waals surface area (Å²) in [7, 11) is 1.62. The first-order valence-corrected chi connectivity index (χ1v) is 5.39. The predicted molar refractivity (Wildman–Crippen MR) is 68.1 cm³/mol. The number of fused-ring (bicyclic) bond motifs is 1. The molecule has 3 rings (SSSR count). The Labute approximate surface area is 103 Å². The van der Waals surface area contributed by atoms with Crippen LogP contribution in [0, 0.1) is 0 Å². The van der Waals surface area contributed by atoms with Crippen LogP contribution in [0.15, 0.2) is 30.6 Å². The SMILES string of the molecule is COc1ccccc1-c1nc2ncnc(N)c2[nH]1. The fourth-order valence-corrected chi connectivity index (χ4v) is 1.81. The summed E-state index contributed by atoms with van der Waals surface area (Å²) in [6.07, 6.45) is 1.39. The first kappa shape index (κ1) is 10.5. The number of rotatable bonds is 2. The Balaban J connectivity index is 2.23. The lowest BCUT2D eigenvalue weighted by atomic mass is 10.2. The number of nitrogens with one attached hydrogen (secondary N) is 1. The maximum absolute atomic E-state index is 5.76. The van der Waals surface area contributed by atoms with Crippen LogP contribution in [0.2, 0.25) is 0 Å². The van der Waals surface area contributed by atoms with Crippen LogP contribution in [0.25, 0.3) is 22.6 Å². The van der Waals surface area contributed by atoms with Crippen molar-refractivity contribution in [1.82, 2.24) is 19.9 Å². The van der Waals surface area contributed by atoms with Gasteiger partial charge in [0.15, 0.2) is 11.5 Å². The zero-order chi connectivity index (χ0) is 12.5. The minimum Gasteiger partial charge on any atom is -0.496 e. The van der Waals surface area contributed by atoms with E-state index in [1.54, 1.807) is 7.11 Å². The predicted octanol–water partition coefficient (Wildman–Crippen LogP) is 1.61. The number of aromatic amines is 1. The molecule has 2 aromatic heterocycles. The van der Waals surface area contributed by atoms with Gasteiger partial charge >= 0.3 is 0 Å². The minimum atomic E-state index is 0.383. The smallest absolute Gasteiger partial charge is 0.183 e. The Hall–Kier alpha value is -2.63. The van der Waals surface area contributed by atoms with Crippen LogP contribution in [-0.2, 0) is 0 Å². The number of nitrogens with zero attached hydrogens (tertiary/aromatic N) is 3. The van der Waals surface area contributed by atoms with Crippen molar-refractivity contribution >= 4 is 17.0 Å². The molecule has 0 spiro atoms. The molecule has 0 amide bonds. The molecular formula is C12H11N5O. The first-order chi connectivity index (χ1) is 8.79. The highest BCUT2D eigenvalue weighted by Gasteiger charge is 2.12. The Morgan fingerprint density at radius 2 is 2.06 bits per heavy atom. The molecule has 0 atom stereocenters. The van der Waals surface area contributed by atoms with E-state index < -0.39 is 0 Å². The molecule has 0 saturated carbocycles. The highest BCUT2D eigenvalue weighted by molar-refractivity contribution is 5.84. The highest BCUT2D eigenvalue weighted by atomic mass is 16.5. The minimum absolute atomic E-state index is 0.383. The average Bonchev–Trinajstić information content (AvgIpc) is 2.84. The van der Waals surface area contributed by atoms with Gasteiger partial charge in [0.1, 0.15) is 23.4 Å². The van der Waals surface area contributed by atoms with Crippen molar-refractivity contribution in [1.29, 1.82) is 0 Å². The van der Waals surface area contributed by atoms with Gasteiger partial charge in [-0.2, -0.15) is 0 Å². The lowest BCUT2D eigenvalue weighted by Gasteiger charge is -2.04. The second-order valence-electron chi connectivity index (χ2n) is 3.74. The molecule has 0 aliphatic carbocycles. The molecule has 3 aromatic rings. The number of aromatic nitrogens is 4. The number of H-pyrrole nitrogens is 1. The van der Waals surface area contributed by atoms with Crippen LogP contribution in [0.1, 0.15) is 0 Å². The fraction of sp³-hybridized carbons (Fsp3) is 0.0833. The summed E-state index contributed by atoms with van der Waals surface area (Å²) in [5.74, 6) is 1.78. The van der Waals surface area contributed by atoms with E-state index in [1.807, 2.05) is 24.3 Å². The number of nitrogens with two attached hydrogens (primary N) is 1. The second kappa shape index (κ2) is 3.99. The molecular weight excluding hydrogens is 230 g/mol. The monoisotopic (exact) mass is 241 g/mol. The summed E-state index contributed by atoms with van der Waals surface area (Å²) in [6, 6.07) is 7.61. The van der Waals surface area contributed by atoms with E-state index in [0.717, 1.165) is 11.3 Å². The molecule has 3 N–H and O–H groups in total. The van der Waals surface area contributed by atoms with Gasteiger partial charge in [-0.15, -0.1) is 0 Å². The van der Waals surface area contributed by atoms with Crippen molar-refractivity contribution in [2.75, 3.05) is 12.8 Å². The molecule has 6 nitrogen and oxygen atoms in total. The van der Waals surface area contributed by atoms with Crippen LogP contribution < -0.4 is 10.5 Å². The number of benzene rings is 1. The second-order valence-corrected chi connectivity index (χ2v) is 3.74. The topological polar surface area (TPSA) is 89.7 Å². The van der Waals surface area contributed by atoms with Gasteiger partial charge in [-0.25, -0.2) is 15.0 Å². The summed E-state index contributed by atoms with van der Waals surface area (Å²) >= 11 is 0. The number of para-hydroxylation sites is 1. The van der Waals surface area contributed by atoms with Crippen molar-refractivity contribution in [2.24, 2.45) is 0 Å². The molecule has 1 aromatic carbocycles. The molecule has 90 valence electrons. The van der Waals surface area contributed by atoms with Crippen LogP contribution in [-0.4, -0.2) is 27.0 Å². The van der Waals surface area contributed by atoms with E-state index in [4.69, 9.17) is 10.5 Å². The van der Waals surface area contributed by atoms with E-state index in [9.17, 15) is 0 Å². The number of hydrogen-bond acceptors (Lipinski definition) is 5. The molecule has 18 heavy (non-hydrogen) atoms. The molecule has 0 unspecified atom stereocenters. The van der Waals surface area contributed by atoms with Crippen molar-refractivity contribution in [3.63, 3.8) is 0 Å². The molecule has 0 saturated heterocycles. The molecule has 0 aliphatic heterocycles. The number of nitrogen functional groups attached to an aromatic ring is 1. The van der Waals surface area contributed by atoms with Gasteiger partial charge in [0, 0.05) is 0 Å². The van der Waals surface area contributed by atoms with Gasteiger partial charge in [0.25, 0.3) is 0 Å². The van der Waals surface area contributed by atoms with Crippen LogP contribution >= 0.6 is 0 Å². The van der Waals surface area contributed by atoms with E-state index in [1.165, 1.54) is 6.33 Å². The lowest BCUT2D eigenvalue weighted by molar-refractivity contribution is 0.416. The maximum Gasteiger partial charge on any atom is 0.183 e. The Kier molecular flexibility index (Phi) is 2.33. The zero-order valence-corrected chi connectivity index (χ0v) is 9.71. The van der Waals surface area contributed by atoms with Crippen LogP contribution in [0.4, 0.5) is 5.82 Å². The first-order valence-electron chi connectivity index (χ1n) is 5.39. The number of methoxy groups -OCH3 is 1. The Morgan fingerprint density at radius 3 is 2.83 bits per heavy atom. The molecule has 0 fully saturated rings.